The van der Waals surface area contributed by atoms with Crippen LogP contribution in [0, 0.1) is 0 Å². The summed E-state index contributed by atoms with van der Waals surface area (Å²) in [4.78, 5) is 14.1. The Labute approximate surface area is 92.2 Å². The van der Waals surface area contributed by atoms with E-state index >= 15 is 0 Å². The summed E-state index contributed by atoms with van der Waals surface area (Å²) in [7, 11) is 0. The fourth-order valence-corrected chi connectivity index (χ4v) is 2.60. The maximum absolute atomic E-state index is 12.1. The molecule has 15 heavy (non-hydrogen) atoms. The van der Waals surface area contributed by atoms with Gasteiger partial charge in [-0.1, -0.05) is 0 Å². The van der Waals surface area contributed by atoms with Gasteiger partial charge in [0, 0.05) is 25.0 Å². The third-order valence-electron chi connectivity index (χ3n) is 3.76. The van der Waals surface area contributed by atoms with Crippen molar-refractivity contribution in [2.75, 3.05) is 13.1 Å². The van der Waals surface area contributed by atoms with E-state index in [1.807, 2.05) is 0 Å². The van der Waals surface area contributed by atoms with Crippen molar-refractivity contribution in [3.05, 3.63) is 0 Å². The summed E-state index contributed by atoms with van der Waals surface area (Å²) < 4.78 is 0. The summed E-state index contributed by atoms with van der Waals surface area (Å²) in [6.07, 6.45) is 6.86. The number of rotatable bonds is 4. The molecule has 0 radical (unpaired) electrons. The van der Waals surface area contributed by atoms with E-state index in [9.17, 15) is 4.79 Å². The summed E-state index contributed by atoms with van der Waals surface area (Å²) in [6.45, 7) is 4.07. The van der Waals surface area contributed by atoms with Gasteiger partial charge in [0.15, 0.2) is 0 Å². The zero-order valence-electron chi connectivity index (χ0n) is 9.67. The van der Waals surface area contributed by atoms with Crippen molar-refractivity contribution >= 4 is 5.91 Å². The minimum absolute atomic E-state index is 0.363. The van der Waals surface area contributed by atoms with Gasteiger partial charge in [-0.2, -0.15) is 0 Å². The zero-order valence-corrected chi connectivity index (χ0v) is 9.67. The Kier molecular flexibility index (Phi) is 3.62. The van der Waals surface area contributed by atoms with Gasteiger partial charge in [0.05, 0.1) is 0 Å². The average molecular weight is 210 g/mol. The molecule has 1 N–H and O–H groups in total. The van der Waals surface area contributed by atoms with E-state index in [1.165, 1.54) is 32.1 Å². The number of hydrogen-bond donors (Lipinski definition) is 1. The van der Waals surface area contributed by atoms with Crippen molar-refractivity contribution < 1.29 is 4.79 Å². The Morgan fingerprint density at radius 3 is 2.60 bits per heavy atom. The molecule has 1 heterocycles. The number of amides is 1. The Bertz CT molecular complexity index is 220. The van der Waals surface area contributed by atoms with E-state index in [0.29, 0.717) is 24.4 Å². The molecular formula is C12H22N2O. The largest absolute Gasteiger partial charge is 0.340 e. The second-order valence-corrected chi connectivity index (χ2v) is 4.76. The molecule has 0 aromatic carbocycles. The van der Waals surface area contributed by atoms with E-state index in [1.54, 1.807) is 0 Å². The lowest BCUT2D eigenvalue weighted by Crippen LogP contribution is -2.45. The average Bonchev–Trinajstić information content (AvgIpc) is 2.63. The molecule has 86 valence electrons. The second kappa shape index (κ2) is 4.97. The number of carbonyl (C=O) groups excluding carboxylic acids is 1. The summed E-state index contributed by atoms with van der Waals surface area (Å²) in [5.41, 5.74) is 0. The lowest BCUT2D eigenvalue weighted by atomic mass is 9.91. The molecule has 0 aromatic rings. The lowest BCUT2D eigenvalue weighted by molar-refractivity contribution is -0.135. The van der Waals surface area contributed by atoms with Crippen LogP contribution >= 0.6 is 0 Å². The minimum atomic E-state index is 0.363. The molecule has 2 rings (SSSR count). The smallest absolute Gasteiger partial charge is 0.224 e. The maximum Gasteiger partial charge on any atom is 0.224 e. The molecule has 1 amide bonds. The molecule has 3 nitrogen and oxygen atoms in total. The predicted molar refractivity (Wildman–Crippen MR) is 60.7 cm³/mol. The predicted octanol–water partition coefficient (Wildman–Crippen LogP) is 1.53. The third kappa shape index (κ3) is 2.51. The monoisotopic (exact) mass is 210 g/mol. The van der Waals surface area contributed by atoms with E-state index in [0.717, 1.165) is 13.1 Å². The first kappa shape index (κ1) is 10.9. The van der Waals surface area contributed by atoms with Gasteiger partial charge in [-0.25, -0.2) is 0 Å². The Morgan fingerprint density at radius 2 is 2.13 bits per heavy atom. The molecule has 1 unspecified atom stereocenters. The molecule has 3 heteroatoms. The van der Waals surface area contributed by atoms with Crippen molar-refractivity contribution in [1.29, 1.82) is 0 Å². The van der Waals surface area contributed by atoms with E-state index in [2.05, 4.69) is 17.1 Å². The standard InChI is InChI=1S/C12H22N2O/c1-2-14(11-6-3-7-11)12(15)9-10-5-4-8-13-10/h10-11,13H,2-9H2,1H3. The van der Waals surface area contributed by atoms with E-state index in [4.69, 9.17) is 0 Å². The van der Waals surface area contributed by atoms with Crippen molar-refractivity contribution in [2.45, 2.75) is 57.5 Å². The molecule has 1 aliphatic carbocycles. The highest BCUT2D eigenvalue weighted by atomic mass is 16.2. The first-order valence-electron chi connectivity index (χ1n) is 6.34. The molecule has 2 fully saturated rings. The summed E-state index contributed by atoms with van der Waals surface area (Å²) in [6, 6.07) is 1.01. The zero-order chi connectivity index (χ0) is 10.7. The Balaban J connectivity index is 1.81. The second-order valence-electron chi connectivity index (χ2n) is 4.76. The lowest BCUT2D eigenvalue weighted by Gasteiger charge is -2.37. The number of hydrogen-bond acceptors (Lipinski definition) is 2. The van der Waals surface area contributed by atoms with Crippen LogP contribution in [0.1, 0.15) is 45.4 Å². The normalized spacial score (nSPS) is 26.3. The quantitative estimate of drug-likeness (QED) is 0.763. The Hall–Kier alpha value is -0.570. The SMILES string of the molecule is CCN(C(=O)CC1CCCN1)C1CCC1. The van der Waals surface area contributed by atoms with Crippen LogP contribution in [-0.4, -0.2) is 36.0 Å². The van der Waals surface area contributed by atoms with Gasteiger partial charge in [-0.3, -0.25) is 4.79 Å². The summed E-state index contributed by atoms with van der Waals surface area (Å²) >= 11 is 0. The molecule has 1 atom stereocenters. The van der Waals surface area contributed by atoms with Crippen LogP contribution in [0.3, 0.4) is 0 Å². The van der Waals surface area contributed by atoms with Gasteiger partial charge in [0.25, 0.3) is 0 Å². The van der Waals surface area contributed by atoms with Crippen LogP contribution < -0.4 is 5.32 Å². The highest BCUT2D eigenvalue weighted by molar-refractivity contribution is 5.77. The van der Waals surface area contributed by atoms with Gasteiger partial charge in [-0.05, 0) is 45.6 Å². The number of carbonyl (C=O) groups is 1. The first-order chi connectivity index (χ1) is 7.31. The van der Waals surface area contributed by atoms with Crippen LogP contribution in [0.15, 0.2) is 0 Å². The molecule has 0 bridgehead atoms. The van der Waals surface area contributed by atoms with Crippen LogP contribution in [0.25, 0.3) is 0 Å². The van der Waals surface area contributed by atoms with Gasteiger partial charge >= 0.3 is 0 Å². The number of nitrogens with zero attached hydrogens (tertiary/aromatic N) is 1. The van der Waals surface area contributed by atoms with Crippen molar-refractivity contribution in [3.63, 3.8) is 0 Å². The third-order valence-corrected chi connectivity index (χ3v) is 3.76. The topological polar surface area (TPSA) is 32.3 Å². The fraction of sp³-hybridized carbons (Fsp3) is 0.917. The highest BCUT2D eigenvalue weighted by Crippen LogP contribution is 2.25. The van der Waals surface area contributed by atoms with Gasteiger partial charge in [0.2, 0.25) is 5.91 Å². The maximum atomic E-state index is 12.1. The van der Waals surface area contributed by atoms with Crippen molar-refractivity contribution in [2.24, 2.45) is 0 Å². The van der Waals surface area contributed by atoms with E-state index < -0.39 is 0 Å². The van der Waals surface area contributed by atoms with Crippen molar-refractivity contribution in [3.8, 4) is 0 Å². The molecule has 1 aliphatic heterocycles. The van der Waals surface area contributed by atoms with Crippen LogP contribution in [0.4, 0.5) is 0 Å². The van der Waals surface area contributed by atoms with Gasteiger partial charge < -0.3 is 10.2 Å². The van der Waals surface area contributed by atoms with Crippen LogP contribution in [0.5, 0.6) is 0 Å². The minimum Gasteiger partial charge on any atom is -0.340 e. The molecule has 1 saturated carbocycles. The molecule has 1 saturated heterocycles. The van der Waals surface area contributed by atoms with Gasteiger partial charge in [-0.15, -0.1) is 0 Å². The molecule has 2 aliphatic rings. The van der Waals surface area contributed by atoms with Crippen LogP contribution in [0.2, 0.25) is 0 Å². The Morgan fingerprint density at radius 1 is 1.33 bits per heavy atom. The van der Waals surface area contributed by atoms with Crippen LogP contribution in [-0.2, 0) is 4.79 Å². The highest BCUT2D eigenvalue weighted by Gasteiger charge is 2.29. The first-order valence-corrected chi connectivity index (χ1v) is 6.34. The molecule has 0 aromatic heterocycles. The summed E-state index contributed by atoms with van der Waals surface area (Å²) in [5.74, 6) is 0.363. The number of nitrogens with one attached hydrogen (secondary N) is 1. The van der Waals surface area contributed by atoms with E-state index in [-0.39, 0.29) is 0 Å². The molecular weight excluding hydrogens is 188 g/mol. The molecule has 0 spiro atoms. The van der Waals surface area contributed by atoms with Crippen molar-refractivity contribution in [1.82, 2.24) is 10.2 Å². The van der Waals surface area contributed by atoms with Gasteiger partial charge in [0.1, 0.15) is 0 Å². The fourth-order valence-electron chi connectivity index (χ4n) is 2.60. The summed E-state index contributed by atoms with van der Waals surface area (Å²) in [5, 5.41) is 3.39.